The van der Waals surface area contributed by atoms with Crippen LogP contribution in [0.4, 0.5) is 0 Å². The van der Waals surface area contributed by atoms with Crippen molar-refractivity contribution >= 4 is 0 Å². The summed E-state index contributed by atoms with van der Waals surface area (Å²) < 4.78 is 21.4. The monoisotopic (exact) mass is 294 g/mol. The molecule has 0 unspecified atom stereocenters. The zero-order valence-corrected chi connectivity index (χ0v) is 13.4. The fourth-order valence-corrected chi connectivity index (χ4v) is 1.75. The van der Waals surface area contributed by atoms with E-state index in [9.17, 15) is 0 Å². The van der Waals surface area contributed by atoms with Crippen LogP contribution >= 0.6 is 0 Å². The molecule has 0 aromatic heterocycles. The summed E-state index contributed by atoms with van der Waals surface area (Å²) in [6, 6.07) is 7.86. The first-order chi connectivity index (χ1) is 10.2. The van der Waals surface area contributed by atoms with Crippen molar-refractivity contribution in [1.29, 1.82) is 0 Å². The van der Waals surface area contributed by atoms with E-state index in [1.807, 2.05) is 24.3 Å². The van der Waals surface area contributed by atoms with E-state index in [1.165, 1.54) is 5.57 Å². The van der Waals surface area contributed by atoms with Gasteiger partial charge in [-0.05, 0) is 38.0 Å². The highest BCUT2D eigenvalue weighted by molar-refractivity contribution is 5.26. The first kappa shape index (κ1) is 17.7. The predicted octanol–water partition coefficient (Wildman–Crippen LogP) is 3.56. The van der Waals surface area contributed by atoms with Gasteiger partial charge in [-0.25, -0.2) is 0 Å². The Hall–Kier alpha value is -1.36. The smallest absolute Gasteiger partial charge is 0.146 e. The largest absolute Gasteiger partial charge is 0.497 e. The van der Waals surface area contributed by atoms with Crippen LogP contribution in [0.15, 0.2) is 35.9 Å². The van der Waals surface area contributed by atoms with E-state index in [2.05, 4.69) is 19.9 Å². The molecule has 0 radical (unpaired) electrons. The zero-order valence-electron chi connectivity index (χ0n) is 13.4. The normalized spacial score (nSPS) is 12.0. The van der Waals surface area contributed by atoms with E-state index in [0.29, 0.717) is 13.2 Å². The van der Waals surface area contributed by atoms with Crippen LogP contribution in [-0.2, 0) is 20.8 Å². The number of allylic oxidation sites excluding steroid dienone is 1. The summed E-state index contributed by atoms with van der Waals surface area (Å²) in [4.78, 5) is 0. The first-order valence-corrected chi connectivity index (χ1v) is 7.10. The van der Waals surface area contributed by atoms with E-state index in [4.69, 9.17) is 18.9 Å². The van der Waals surface area contributed by atoms with Gasteiger partial charge in [0.2, 0.25) is 0 Å². The number of ether oxygens (including phenoxy) is 4. The molecule has 0 fully saturated rings. The topological polar surface area (TPSA) is 36.9 Å². The lowest BCUT2D eigenvalue weighted by Gasteiger charge is -2.16. The molecular formula is C17H26O4. The summed E-state index contributed by atoms with van der Waals surface area (Å²) in [6.07, 6.45) is 2.99. The van der Waals surface area contributed by atoms with Gasteiger partial charge in [-0.15, -0.1) is 0 Å². The van der Waals surface area contributed by atoms with Crippen LogP contribution in [0.5, 0.6) is 5.75 Å². The van der Waals surface area contributed by atoms with Crippen molar-refractivity contribution in [3.63, 3.8) is 0 Å². The summed E-state index contributed by atoms with van der Waals surface area (Å²) in [5.74, 6) is 0.851. The average Bonchev–Trinajstić information content (AvgIpc) is 2.50. The van der Waals surface area contributed by atoms with Crippen molar-refractivity contribution in [1.82, 2.24) is 0 Å². The van der Waals surface area contributed by atoms with Crippen LogP contribution in [0.1, 0.15) is 25.8 Å². The van der Waals surface area contributed by atoms with Gasteiger partial charge in [0, 0.05) is 7.11 Å². The van der Waals surface area contributed by atoms with Crippen LogP contribution in [0, 0.1) is 0 Å². The molecule has 1 atom stereocenters. The number of hydrogen-bond donors (Lipinski definition) is 0. The zero-order chi connectivity index (χ0) is 15.5. The molecule has 0 spiro atoms. The second kappa shape index (κ2) is 10.4. The molecule has 0 amide bonds. The van der Waals surface area contributed by atoms with Crippen molar-refractivity contribution < 1.29 is 18.9 Å². The lowest BCUT2D eigenvalue weighted by Crippen LogP contribution is -2.20. The SMILES string of the molecule is COCO[C@H](CC=C(C)C)COCc1ccc(OC)cc1. The van der Waals surface area contributed by atoms with Crippen LogP contribution in [-0.4, -0.2) is 33.7 Å². The Bertz CT molecular complexity index is 407. The highest BCUT2D eigenvalue weighted by atomic mass is 16.7. The molecule has 0 saturated carbocycles. The number of methoxy groups -OCH3 is 2. The standard InChI is InChI=1S/C17H26O4/c1-14(2)5-8-17(21-13-18-3)12-20-11-15-6-9-16(19-4)10-7-15/h5-7,9-10,17H,8,11-13H2,1-4H3/t17-/m1/s1. The van der Waals surface area contributed by atoms with Gasteiger partial charge in [0.25, 0.3) is 0 Å². The molecular weight excluding hydrogens is 268 g/mol. The van der Waals surface area contributed by atoms with Gasteiger partial charge in [0.15, 0.2) is 0 Å². The Morgan fingerprint density at radius 2 is 1.86 bits per heavy atom. The average molecular weight is 294 g/mol. The van der Waals surface area contributed by atoms with Crippen molar-refractivity contribution in [2.45, 2.75) is 33.0 Å². The minimum Gasteiger partial charge on any atom is -0.497 e. The van der Waals surface area contributed by atoms with Crippen molar-refractivity contribution in [3.8, 4) is 5.75 Å². The Morgan fingerprint density at radius 1 is 1.14 bits per heavy atom. The molecule has 1 rings (SSSR count). The number of rotatable bonds is 10. The molecule has 0 aliphatic heterocycles. The Balaban J connectivity index is 2.38. The quantitative estimate of drug-likeness (QED) is 0.488. The molecule has 1 aromatic rings. The summed E-state index contributed by atoms with van der Waals surface area (Å²) in [7, 11) is 3.28. The van der Waals surface area contributed by atoms with Crippen LogP contribution in [0.25, 0.3) is 0 Å². The maximum absolute atomic E-state index is 5.73. The summed E-state index contributed by atoms with van der Waals surface area (Å²) in [5, 5.41) is 0. The molecule has 0 aliphatic carbocycles. The molecule has 0 saturated heterocycles. The highest BCUT2D eigenvalue weighted by Crippen LogP contribution is 2.12. The summed E-state index contributed by atoms with van der Waals surface area (Å²) in [6.45, 7) is 5.54. The molecule has 1 aromatic carbocycles. The van der Waals surface area contributed by atoms with Crippen molar-refractivity contribution in [2.24, 2.45) is 0 Å². The second-order valence-electron chi connectivity index (χ2n) is 5.08. The predicted molar refractivity (Wildman–Crippen MR) is 83.4 cm³/mol. The van der Waals surface area contributed by atoms with Gasteiger partial charge >= 0.3 is 0 Å². The first-order valence-electron chi connectivity index (χ1n) is 7.10. The third-order valence-corrected chi connectivity index (χ3v) is 2.94. The van der Waals surface area contributed by atoms with E-state index >= 15 is 0 Å². The van der Waals surface area contributed by atoms with Gasteiger partial charge in [-0.3, -0.25) is 0 Å². The van der Waals surface area contributed by atoms with Gasteiger partial charge in [0.1, 0.15) is 12.5 Å². The molecule has 118 valence electrons. The number of hydrogen-bond acceptors (Lipinski definition) is 4. The van der Waals surface area contributed by atoms with E-state index < -0.39 is 0 Å². The van der Waals surface area contributed by atoms with Crippen LogP contribution in [0.2, 0.25) is 0 Å². The second-order valence-corrected chi connectivity index (χ2v) is 5.08. The molecule has 0 heterocycles. The molecule has 21 heavy (non-hydrogen) atoms. The van der Waals surface area contributed by atoms with E-state index in [-0.39, 0.29) is 12.9 Å². The van der Waals surface area contributed by atoms with Crippen LogP contribution < -0.4 is 4.74 Å². The maximum atomic E-state index is 5.73. The lowest BCUT2D eigenvalue weighted by molar-refractivity contribution is -0.0974. The van der Waals surface area contributed by atoms with E-state index in [0.717, 1.165) is 17.7 Å². The van der Waals surface area contributed by atoms with Crippen molar-refractivity contribution in [2.75, 3.05) is 27.6 Å². The van der Waals surface area contributed by atoms with Gasteiger partial charge < -0.3 is 18.9 Å². The Labute approximate surface area is 127 Å². The van der Waals surface area contributed by atoms with Crippen LogP contribution in [0.3, 0.4) is 0 Å². The lowest BCUT2D eigenvalue weighted by atomic mass is 10.2. The Morgan fingerprint density at radius 3 is 2.43 bits per heavy atom. The fraction of sp³-hybridized carbons (Fsp3) is 0.529. The van der Waals surface area contributed by atoms with Crippen molar-refractivity contribution in [3.05, 3.63) is 41.5 Å². The van der Waals surface area contributed by atoms with Gasteiger partial charge in [-0.2, -0.15) is 0 Å². The number of benzene rings is 1. The highest BCUT2D eigenvalue weighted by Gasteiger charge is 2.08. The Kier molecular flexibility index (Phi) is 8.74. The third kappa shape index (κ3) is 7.85. The molecule has 0 N–H and O–H groups in total. The minimum absolute atomic E-state index is 0.0121. The minimum atomic E-state index is 0.0121. The van der Waals surface area contributed by atoms with E-state index in [1.54, 1.807) is 14.2 Å². The summed E-state index contributed by atoms with van der Waals surface area (Å²) >= 11 is 0. The maximum Gasteiger partial charge on any atom is 0.146 e. The summed E-state index contributed by atoms with van der Waals surface area (Å²) in [5.41, 5.74) is 2.39. The molecule has 0 aliphatic rings. The fourth-order valence-electron chi connectivity index (χ4n) is 1.75. The van der Waals surface area contributed by atoms with Gasteiger partial charge in [0.05, 0.1) is 26.4 Å². The molecule has 0 bridgehead atoms. The molecule has 4 heteroatoms. The third-order valence-electron chi connectivity index (χ3n) is 2.94. The molecule has 4 nitrogen and oxygen atoms in total. The van der Waals surface area contributed by atoms with Gasteiger partial charge in [-0.1, -0.05) is 23.8 Å².